The van der Waals surface area contributed by atoms with Crippen molar-refractivity contribution >= 4 is 43.9 Å². The van der Waals surface area contributed by atoms with Crippen LogP contribution in [0.1, 0.15) is 20.3 Å². The highest BCUT2D eigenvalue weighted by molar-refractivity contribution is 7.99. The molecule has 9 heteroatoms. The van der Waals surface area contributed by atoms with Gasteiger partial charge in [-0.2, -0.15) is 11.8 Å². The van der Waals surface area contributed by atoms with Crippen LogP contribution in [0.4, 0.5) is 5.82 Å². The van der Waals surface area contributed by atoms with Crippen molar-refractivity contribution in [1.82, 2.24) is 14.1 Å². The summed E-state index contributed by atoms with van der Waals surface area (Å²) in [6, 6.07) is -0.108. The second-order valence-corrected chi connectivity index (χ2v) is 8.48. The van der Waals surface area contributed by atoms with E-state index in [-0.39, 0.29) is 11.1 Å². The second kappa shape index (κ2) is 6.99. The van der Waals surface area contributed by atoms with Gasteiger partial charge in [-0.1, -0.05) is 6.92 Å². The second-order valence-electron chi connectivity index (χ2n) is 4.58. The number of thiazole rings is 1. The number of nitrogens with one attached hydrogen (secondary N) is 2. The summed E-state index contributed by atoms with van der Waals surface area (Å²) >= 11 is 3.21. The van der Waals surface area contributed by atoms with Crippen molar-refractivity contribution in [2.24, 2.45) is 0 Å². The lowest BCUT2D eigenvalue weighted by molar-refractivity contribution is 0.553. The lowest BCUT2D eigenvalue weighted by Gasteiger charge is -2.14. The summed E-state index contributed by atoms with van der Waals surface area (Å²) in [5, 5.41) is 4.85. The number of nitrogens with zero attached hydrogens (tertiary/aromatic N) is 2. The van der Waals surface area contributed by atoms with Crippen LogP contribution in [-0.4, -0.2) is 42.4 Å². The molecule has 0 aliphatic heterocycles. The van der Waals surface area contributed by atoms with Gasteiger partial charge in [-0.05, 0) is 24.9 Å². The van der Waals surface area contributed by atoms with Gasteiger partial charge in [-0.25, -0.2) is 18.1 Å². The number of sulfonamides is 1. The van der Waals surface area contributed by atoms with Gasteiger partial charge in [0, 0.05) is 24.7 Å². The number of rotatable bonds is 8. The smallest absolute Gasteiger partial charge is 0.260 e. The molecule has 0 aliphatic rings. The minimum absolute atomic E-state index is 0.108. The highest BCUT2D eigenvalue weighted by Crippen LogP contribution is 2.25. The van der Waals surface area contributed by atoms with Crippen LogP contribution in [0, 0.1) is 0 Å². The van der Waals surface area contributed by atoms with Crippen molar-refractivity contribution in [2.75, 3.05) is 23.9 Å². The van der Waals surface area contributed by atoms with Gasteiger partial charge >= 0.3 is 0 Å². The number of aromatic nitrogens is 2. The van der Waals surface area contributed by atoms with Crippen LogP contribution in [0.2, 0.25) is 0 Å². The van der Waals surface area contributed by atoms with Crippen LogP contribution in [-0.2, 0) is 10.0 Å². The highest BCUT2D eigenvalue weighted by Gasteiger charge is 2.26. The van der Waals surface area contributed by atoms with Crippen LogP contribution >= 0.6 is 23.1 Å². The maximum absolute atomic E-state index is 12.6. The highest BCUT2D eigenvalue weighted by atomic mass is 32.2. The van der Waals surface area contributed by atoms with E-state index in [4.69, 9.17) is 0 Å². The van der Waals surface area contributed by atoms with E-state index in [2.05, 4.69) is 21.9 Å². The number of thioether (sulfide) groups is 1. The third-order valence-electron chi connectivity index (χ3n) is 2.97. The molecule has 0 radical (unpaired) electrons. The monoisotopic (exact) mass is 348 g/mol. The molecule has 2 aromatic rings. The van der Waals surface area contributed by atoms with Crippen LogP contribution in [0.25, 0.3) is 4.96 Å². The molecule has 0 aromatic carbocycles. The predicted octanol–water partition coefficient (Wildman–Crippen LogP) is 2.25. The van der Waals surface area contributed by atoms with Crippen LogP contribution in [0.5, 0.6) is 0 Å². The molecule has 2 N–H and O–H groups in total. The topological polar surface area (TPSA) is 75.5 Å². The molecule has 2 rings (SSSR count). The van der Waals surface area contributed by atoms with Crippen LogP contribution < -0.4 is 10.0 Å². The molecular formula is C12H20N4O2S3. The Morgan fingerprint density at radius 2 is 2.29 bits per heavy atom. The molecule has 1 atom stereocenters. The minimum Gasteiger partial charge on any atom is -0.371 e. The van der Waals surface area contributed by atoms with Crippen LogP contribution in [0.15, 0.2) is 16.6 Å². The Kier molecular flexibility index (Phi) is 5.53. The summed E-state index contributed by atoms with van der Waals surface area (Å²) in [7, 11) is -1.93. The predicted molar refractivity (Wildman–Crippen MR) is 90.0 cm³/mol. The first-order valence-corrected chi connectivity index (χ1v) is 10.2. The molecule has 21 heavy (non-hydrogen) atoms. The summed E-state index contributed by atoms with van der Waals surface area (Å²) in [4.78, 5) is 4.95. The Morgan fingerprint density at radius 3 is 2.95 bits per heavy atom. The van der Waals surface area contributed by atoms with Crippen molar-refractivity contribution < 1.29 is 8.42 Å². The number of fused-ring (bicyclic) bond motifs is 1. The van der Waals surface area contributed by atoms with Crippen molar-refractivity contribution in [3.05, 3.63) is 11.6 Å². The summed E-state index contributed by atoms with van der Waals surface area (Å²) in [6.45, 7) is 3.98. The fourth-order valence-electron chi connectivity index (χ4n) is 1.97. The molecule has 0 amide bonds. The lowest BCUT2D eigenvalue weighted by atomic mass is 10.3. The summed E-state index contributed by atoms with van der Waals surface area (Å²) in [5.74, 6) is 2.37. The average Bonchev–Trinajstić information content (AvgIpc) is 2.97. The SMILES string of the molecule is CCSCCC(C)NS(=O)(=O)c1c(NC)nc2sccn12. The molecule has 118 valence electrons. The molecule has 0 saturated heterocycles. The summed E-state index contributed by atoms with van der Waals surface area (Å²) in [6.07, 6.45) is 2.53. The van der Waals surface area contributed by atoms with Gasteiger partial charge < -0.3 is 5.32 Å². The van der Waals surface area contributed by atoms with Crippen molar-refractivity contribution in [3.63, 3.8) is 0 Å². The molecule has 0 bridgehead atoms. The lowest BCUT2D eigenvalue weighted by Crippen LogP contribution is -2.34. The molecular weight excluding hydrogens is 328 g/mol. The minimum atomic E-state index is -3.61. The quantitative estimate of drug-likeness (QED) is 0.716. The number of imidazole rings is 1. The van der Waals surface area contributed by atoms with Gasteiger partial charge in [0.05, 0.1) is 0 Å². The normalized spacial score (nSPS) is 13.7. The van der Waals surface area contributed by atoms with E-state index in [0.717, 1.165) is 17.9 Å². The number of hydrogen-bond donors (Lipinski definition) is 2. The molecule has 0 fully saturated rings. The molecule has 2 aromatic heterocycles. The molecule has 2 heterocycles. The van der Waals surface area contributed by atoms with Gasteiger partial charge in [0.2, 0.25) is 0 Å². The van der Waals surface area contributed by atoms with Crippen molar-refractivity contribution in [1.29, 1.82) is 0 Å². The zero-order valence-electron chi connectivity index (χ0n) is 12.3. The zero-order chi connectivity index (χ0) is 15.5. The zero-order valence-corrected chi connectivity index (χ0v) is 14.7. The Morgan fingerprint density at radius 1 is 1.52 bits per heavy atom. The van der Waals surface area contributed by atoms with E-state index in [0.29, 0.717) is 10.8 Å². The summed E-state index contributed by atoms with van der Waals surface area (Å²) in [5.41, 5.74) is 0. The molecule has 0 spiro atoms. The van der Waals surface area contributed by atoms with E-state index >= 15 is 0 Å². The number of anilines is 1. The van der Waals surface area contributed by atoms with Gasteiger partial charge in [0.1, 0.15) is 0 Å². The third-order valence-corrected chi connectivity index (χ3v) is 6.27. The standard InChI is InChI=1S/C12H20N4O2S3/c1-4-19-7-5-9(2)15-21(17,18)11-10(13-3)14-12-16(11)6-8-20-12/h6,8-9,13,15H,4-5,7H2,1-3H3. The molecule has 1 unspecified atom stereocenters. The maximum Gasteiger partial charge on any atom is 0.260 e. The van der Waals surface area contributed by atoms with E-state index < -0.39 is 10.0 Å². The van der Waals surface area contributed by atoms with E-state index in [1.165, 1.54) is 11.3 Å². The van der Waals surface area contributed by atoms with Crippen LogP contribution in [0.3, 0.4) is 0 Å². The van der Waals surface area contributed by atoms with Gasteiger partial charge in [-0.3, -0.25) is 4.40 Å². The fraction of sp³-hybridized carbons (Fsp3) is 0.583. The van der Waals surface area contributed by atoms with E-state index in [1.807, 2.05) is 24.1 Å². The average molecular weight is 349 g/mol. The molecule has 6 nitrogen and oxygen atoms in total. The van der Waals surface area contributed by atoms with Gasteiger partial charge in [-0.15, -0.1) is 11.3 Å². The van der Waals surface area contributed by atoms with Gasteiger partial charge in [0.15, 0.2) is 15.8 Å². The Hall–Kier alpha value is -0.770. The molecule has 0 saturated carbocycles. The Balaban J connectivity index is 2.23. The Labute approximate surface area is 133 Å². The first kappa shape index (κ1) is 16.6. The van der Waals surface area contributed by atoms with E-state index in [1.54, 1.807) is 17.6 Å². The first-order valence-electron chi connectivity index (χ1n) is 6.73. The Bertz CT molecular complexity index is 692. The van der Waals surface area contributed by atoms with Gasteiger partial charge in [0.25, 0.3) is 10.0 Å². The molecule has 0 aliphatic carbocycles. The number of hydrogen-bond acceptors (Lipinski definition) is 6. The van der Waals surface area contributed by atoms with Crippen molar-refractivity contribution in [3.8, 4) is 0 Å². The largest absolute Gasteiger partial charge is 0.371 e. The summed E-state index contributed by atoms with van der Waals surface area (Å²) < 4.78 is 29.6. The maximum atomic E-state index is 12.6. The third kappa shape index (κ3) is 3.71. The van der Waals surface area contributed by atoms with E-state index in [9.17, 15) is 8.42 Å². The fourth-order valence-corrected chi connectivity index (χ4v) is 5.12. The van der Waals surface area contributed by atoms with Crippen molar-refractivity contribution in [2.45, 2.75) is 31.3 Å². The first-order chi connectivity index (χ1) is 9.99.